The molecule has 0 bridgehead atoms. The number of halogens is 4. The molecule has 1 aromatic heterocycles. The van der Waals surface area contributed by atoms with E-state index in [0.717, 1.165) is 12.1 Å². The maximum Gasteiger partial charge on any atom is 0.416 e. The van der Waals surface area contributed by atoms with Crippen molar-refractivity contribution in [2.24, 2.45) is 0 Å². The molecule has 2 rings (SSSR count). The summed E-state index contributed by atoms with van der Waals surface area (Å²) in [5.74, 6) is 0. The number of alkyl halides is 3. The summed E-state index contributed by atoms with van der Waals surface area (Å²) in [6, 6.07) is 8.26. The molecule has 0 saturated heterocycles. The Hall–Kier alpha value is -1.55. The van der Waals surface area contributed by atoms with Crippen LogP contribution < -0.4 is 0 Å². The van der Waals surface area contributed by atoms with Gasteiger partial charge >= 0.3 is 6.18 Å². The average molecular weight is 258 g/mol. The average Bonchev–Trinajstić information content (AvgIpc) is 2.29. The summed E-state index contributed by atoms with van der Waals surface area (Å²) in [4.78, 5) is 3.83. The number of hydrogen-bond donors (Lipinski definition) is 0. The van der Waals surface area contributed by atoms with E-state index in [1.807, 2.05) is 0 Å². The third-order valence-electron chi connectivity index (χ3n) is 2.25. The second-order valence-corrected chi connectivity index (χ2v) is 3.84. The molecule has 2 aromatic rings. The van der Waals surface area contributed by atoms with Gasteiger partial charge < -0.3 is 0 Å². The van der Waals surface area contributed by atoms with Crippen molar-refractivity contribution in [2.45, 2.75) is 6.18 Å². The molecule has 0 N–H and O–H groups in total. The van der Waals surface area contributed by atoms with E-state index in [1.165, 1.54) is 18.3 Å². The summed E-state index contributed by atoms with van der Waals surface area (Å²) in [6.45, 7) is 0. The number of rotatable bonds is 1. The molecule has 17 heavy (non-hydrogen) atoms. The van der Waals surface area contributed by atoms with E-state index in [4.69, 9.17) is 11.6 Å². The van der Waals surface area contributed by atoms with Crippen molar-refractivity contribution in [1.82, 2.24) is 4.98 Å². The van der Waals surface area contributed by atoms with Gasteiger partial charge in [-0.05, 0) is 29.8 Å². The van der Waals surface area contributed by atoms with E-state index in [1.54, 1.807) is 12.1 Å². The summed E-state index contributed by atoms with van der Waals surface area (Å²) in [7, 11) is 0. The lowest BCUT2D eigenvalue weighted by molar-refractivity contribution is -0.137. The van der Waals surface area contributed by atoms with Crippen molar-refractivity contribution in [2.75, 3.05) is 0 Å². The zero-order valence-electron chi connectivity index (χ0n) is 8.50. The highest BCUT2D eigenvalue weighted by Crippen LogP contribution is 2.32. The first-order valence-electron chi connectivity index (χ1n) is 4.76. The van der Waals surface area contributed by atoms with Crippen LogP contribution in [0.25, 0.3) is 11.1 Å². The molecule has 0 radical (unpaired) electrons. The molecule has 5 heteroatoms. The molecule has 0 saturated carbocycles. The van der Waals surface area contributed by atoms with E-state index in [-0.39, 0.29) is 0 Å². The Bertz CT molecular complexity index is 520. The SMILES string of the molecule is FC(F)(F)c1cccc(-c2ccc(Cl)nc2)c1. The van der Waals surface area contributed by atoms with Crippen LogP contribution in [0.1, 0.15) is 5.56 Å². The molecule has 1 heterocycles. The van der Waals surface area contributed by atoms with Crippen molar-refractivity contribution in [3.05, 3.63) is 53.3 Å². The molecule has 0 spiro atoms. The van der Waals surface area contributed by atoms with Crippen molar-refractivity contribution < 1.29 is 13.2 Å². The fourth-order valence-corrected chi connectivity index (χ4v) is 1.53. The molecule has 0 aliphatic carbocycles. The summed E-state index contributed by atoms with van der Waals surface area (Å²) >= 11 is 5.61. The highest BCUT2D eigenvalue weighted by molar-refractivity contribution is 6.29. The molecule has 0 aliphatic heterocycles. The molecule has 0 unspecified atom stereocenters. The second kappa shape index (κ2) is 4.37. The normalized spacial score (nSPS) is 11.5. The Morgan fingerprint density at radius 2 is 1.76 bits per heavy atom. The zero-order valence-corrected chi connectivity index (χ0v) is 9.26. The molecule has 0 fully saturated rings. The largest absolute Gasteiger partial charge is 0.416 e. The van der Waals surface area contributed by atoms with Gasteiger partial charge in [-0.3, -0.25) is 0 Å². The van der Waals surface area contributed by atoms with Gasteiger partial charge in [0.25, 0.3) is 0 Å². The molecule has 0 amide bonds. The van der Waals surface area contributed by atoms with Gasteiger partial charge in [-0.25, -0.2) is 4.98 Å². The smallest absolute Gasteiger partial charge is 0.244 e. The first-order chi connectivity index (χ1) is 7.97. The van der Waals surface area contributed by atoms with E-state index in [0.29, 0.717) is 16.3 Å². The van der Waals surface area contributed by atoms with E-state index in [9.17, 15) is 13.2 Å². The number of aromatic nitrogens is 1. The van der Waals surface area contributed by atoms with Crippen LogP contribution in [0.2, 0.25) is 5.15 Å². The Balaban J connectivity index is 2.43. The van der Waals surface area contributed by atoms with Gasteiger partial charge in [0.05, 0.1) is 5.56 Å². The van der Waals surface area contributed by atoms with Crippen molar-refractivity contribution in [1.29, 1.82) is 0 Å². The van der Waals surface area contributed by atoms with Crippen LogP contribution in [0.15, 0.2) is 42.6 Å². The van der Waals surface area contributed by atoms with E-state index >= 15 is 0 Å². The van der Waals surface area contributed by atoms with Crippen LogP contribution in [-0.4, -0.2) is 4.98 Å². The fraction of sp³-hybridized carbons (Fsp3) is 0.0833. The molecule has 1 aromatic carbocycles. The number of pyridine rings is 1. The first-order valence-corrected chi connectivity index (χ1v) is 5.14. The monoisotopic (exact) mass is 257 g/mol. The minimum absolute atomic E-state index is 0.306. The predicted molar refractivity (Wildman–Crippen MR) is 59.7 cm³/mol. The van der Waals surface area contributed by atoms with E-state index < -0.39 is 11.7 Å². The fourth-order valence-electron chi connectivity index (χ4n) is 1.42. The minimum Gasteiger partial charge on any atom is -0.244 e. The van der Waals surface area contributed by atoms with Crippen molar-refractivity contribution in [3.63, 3.8) is 0 Å². The quantitative estimate of drug-likeness (QED) is 0.689. The molecule has 88 valence electrons. The molecule has 0 atom stereocenters. The van der Waals surface area contributed by atoms with Crippen LogP contribution in [0.3, 0.4) is 0 Å². The first kappa shape index (κ1) is 11.9. The summed E-state index contributed by atoms with van der Waals surface area (Å²) < 4.78 is 37.5. The van der Waals surface area contributed by atoms with Crippen molar-refractivity contribution in [3.8, 4) is 11.1 Å². The van der Waals surface area contributed by atoms with Gasteiger partial charge in [-0.15, -0.1) is 0 Å². The van der Waals surface area contributed by atoms with E-state index in [2.05, 4.69) is 4.98 Å². The third kappa shape index (κ3) is 2.77. The number of hydrogen-bond acceptors (Lipinski definition) is 1. The number of benzene rings is 1. The lowest BCUT2D eigenvalue weighted by atomic mass is 10.0. The minimum atomic E-state index is -4.34. The summed E-state index contributed by atoms with van der Waals surface area (Å²) in [5.41, 5.74) is 0.384. The standard InChI is InChI=1S/C12H7ClF3N/c13-11-5-4-9(7-17-11)8-2-1-3-10(6-8)12(14,15)16/h1-7H. The zero-order chi connectivity index (χ0) is 12.5. The Kier molecular flexibility index (Phi) is 3.07. The lowest BCUT2D eigenvalue weighted by Crippen LogP contribution is -2.04. The number of nitrogens with zero attached hydrogens (tertiary/aromatic N) is 1. The van der Waals surface area contributed by atoms with Crippen LogP contribution >= 0.6 is 11.6 Å². The topological polar surface area (TPSA) is 12.9 Å². The Morgan fingerprint density at radius 1 is 1.00 bits per heavy atom. The molecule has 1 nitrogen and oxygen atoms in total. The lowest BCUT2D eigenvalue weighted by Gasteiger charge is -2.08. The predicted octanol–water partition coefficient (Wildman–Crippen LogP) is 4.42. The maximum absolute atomic E-state index is 12.5. The summed E-state index contributed by atoms with van der Waals surface area (Å²) in [5, 5.41) is 0.306. The molecule has 0 aliphatic rings. The van der Waals surface area contributed by atoms with Gasteiger partial charge in [0.1, 0.15) is 5.15 Å². The van der Waals surface area contributed by atoms with Gasteiger partial charge in [0.2, 0.25) is 0 Å². The second-order valence-electron chi connectivity index (χ2n) is 3.45. The third-order valence-corrected chi connectivity index (χ3v) is 2.47. The Labute approximate surface area is 101 Å². The van der Waals surface area contributed by atoms with Gasteiger partial charge in [0.15, 0.2) is 0 Å². The molecular formula is C12H7ClF3N. The maximum atomic E-state index is 12.5. The van der Waals surface area contributed by atoms with Crippen LogP contribution in [-0.2, 0) is 6.18 Å². The summed E-state index contributed by atoms with van der Waals surface area (Å²) in [6.07, 6.45) is -2.90. The van der Waals surface area contributed by atoms with Crippen LogP contribution in [0.5, 0.6) is 0 Å². The highest BCUT2D eigenvalue weighted by Gasteiger charge is 2.30. The van der Waals surface area contributed by atoms with Crippen LogP contribution in [0.4, 0.5) is 13.2 Å². The molecular weight excluding hydrogens is 251 g/mol. The van der Waals surface area contributed by atoms with Gasteiger partial charge in [0, 0.05) is 11.8 Å². The highest BCUT2D eigenvalue weighted by atomic mass is 35.5. The van der Waals surface area contributed by atoms with Gasteiger partial charge in [-0.2, -0.15) is 13.2 Å². The van der Waals surface area contributed by atoms with Gasteiger partial charge in [-0.1, -0.05) is 23.7 Å². The Morgan fingerprint density at radius 3 is 2.35 bits per heavy atom. The van der Waals surface area contributed by atoms with Crippen LogP contribution in [0, 0.1) is 0 Å². The van der Waals surface area contributed by atoms with Crippen molar-refractivity contribution >= 4 is 11.6 Å².